The number of benzene rings is 1. The molecule has 1 aromatic carbocycles. The molecule has 5 heteroatoms. The lowest BCUT2D eigenvalue weighted by molar-refractivity contribution is -0.118. The lowest BCUT2D eigenvalue weighted by atomic mass is 10.0. The van der Waals surface area contributed by atoms with Crippen molar-refractivity contribution in [1.29, 1.82) is 0 Å². The van der Waals surface area contributed by atoms with Crippen molar-refractivity contribution in [2.75, 3.05) is 6.61 Å². The Morgan fingerprint density at radius 2 is 2.00 bits per heavy atom. The van der Waals surface area contributed by atoms with Crippen LogP contribution in [0.1, 0.15) is 44.7 Å². The Kier molecular flexibility index (Phi) is 6.31. The quantitative estimate of drug-likeness (QED) is 0.743. The number of hydrogen-bond donors (Lipinski definition) is 1. The Bertz CT molecular complexity index is 488. The maximum atomic E-state index is 13.8. The molecule has 110 valence electrons. The third-order valence-electron chi connectivity index (χ3n) is 2.82. The van der Waals surface area contributed by atoms with E-state index in [9.17, 15) is 14.0 Å². The molecule has 1 atom stereocenters. The van der Waals surface area contributed by atoms with Gasteiger partial charge in [-0.3, -0.25) is 4.79 Å². The standard InChI is InChI=1S/C15H20FNO3/c1-10(18)4-3-7-20-15-6-5-12(9-13(15)16)14(17)8-11(2)19/h5-6,9,14H,3-4,7-8,17H2,1-2H3/t14-/m0/s1. The number of ether oxygens (including phenoxy) is 1. The van der Waals surface area contributed by atoms with E-state index in [0.717, 1.165) is 0 Å². The number of hydrogen-bond acceptors (Lipinski definition) is 4. The van der Waals surface area contributed by atoms with E-state index in [4.69, 9.17) is 10.5 Å². The zero-order valence-electron chi connectivity index (χ0n) is 11.8. The highest BCUT2D eigenvalue weighted by Crippen LogP contribution is 2.23. The first kappa shape index (κ1) is 16.3. The average Bonchev–Trinajstić information content (AvgIpc) is 2.34. The molecule has 20 heavy (non-hydrogen) atoms. The molecule has 1 rings (SSSR count). The second kappa shape index (κ2) is 7.75. The van der Waals surface area contributed by atoms with Crippen LogP contribution < -0.4 is 10.5 Å². The molecule has 4 nitrogen and oxygen atoms in total. The average molecular weight is 281 g/mol. The molecule has 0 aliphatic carbocycles. The third-order valence-corrected chi connectivity index (χ3v) is 2.82. The Hall–Kier alpha value is -1.75. The highest BCUT2D eigenvalue weighted by atomic mass is 19.1. The highest BCUT2D eigenvalue weighted by Gasteiger charge is 2.12. The lowest BCUT2D eigenvalue weighted by Gasteiger charge is -2.12. The van der Waals surface area contributed by atoms with Gasteiger partial charge in [-0.15, -0.1) is 0 Å². The van der Waals surface area contributed by atoms with E-state index in [1.54, 1.807) is 6.07 Å². The van der Waals surface area contributed by atoms with E-state index in [0.29, 0.717) is 18.4 Å². The Balaban J connectivity index is 2.59. The monoisotopic (exact) mass is 281 g/mol. The normalized spacial score (nSPS) is 12.0. The fraction of sp³-hybridized carbons (Fsp3) is 0.467. The first-order chi connectivity index (χ1) is 9.40. The van der Waals surface area contributed by atoms with Crippen LogP contribution in [0.25, 0.3) is 0 Å². The number of ketones is 2. The molecule has 0 unspecified atom stereocenters. The molecule has 0 radical (unpaired) electrons. The van der Waals surface area contributed by atoms with Crippen LogP contribution in [0.4, 0.5) is 4.39 Å². The van der Waals surface area contributed by atoms with Crippen LogP contribution in [0.2, 0.25) is 0 Å². The van der Waals surface area contributed by atoms with Gasteiger partial charge in [-0.05, 0) is 38.0 Å². The first-order valence-electron chi connectivity index (χ1n) is 6.57. The Labute approximate surface area is 118 Å². The molecular formula is C15H20FNO3. The summed E-state index contributed by atoms with van der Waals surface area (Å²) in [6.07, 6.45) is 1.15. The van der Waals surface area contributed by atoms with Crippen LogP contribution in [0.3, 0.4) is 0 Å². The summed E-state index contributed by atoms with van der Waals surface area (Å²) < 4.78 is 19.1. The minimum absolute atomic E-state index is 0.0394. The van der Waals surface area contributed by atoms with Gasteiger partial charge in [-0.1, -0.05) is 6.07 Å². The Morgan fingerprint density at radius 3 is 2.55 bits per heavy atom. The van der Waals surface area contributed by atoms with Crippen LogP contribution in [-0.2, 0) is 9.59 Å². The first-order valence-corrected chi connectivity index (χ1v) is 6.57. The lowest BCUT2D eigenvalue weighted by Crippen LogP contribution is -2.14. The van der Waals surface area contributed by atoms with Gasteiger partial charge in [-0.2, -0.15) is 0 Å². The van der Waals surface area contributed by atoms with Crippen molar-refractivity contribution >= 4 is 11.6 Å². The minimum Gasteiger partial charge on any atom is -0.491 e. The number of rotatable bonds is 8. The summed E-state index contributed by atoms with van der Waals surface area (Å²) in [6.45, 7) is 3.24. The van der Waals surface area contributed by atoms with Crippen molar-refractivity contribution in [1.82, 2.24) is 0 Å². The van der Waals surface area contributed by atoms with Crippen LogP contribution in [0.5, 0.6) is 5.75 Å². The summed E-state index contributed by atoms with van der Waals surface area (Å²) in [5, 5.41) is 0. The second-order valence-corrected chi connectivity index (χ2v) is 4.86. The molecular weight excluding hydrogens is 261 g/mol. The molecule has 0 aliphatic heterocycles. The Morgan fingerprint density at radius 1 is 1.30 bits per heavy atom. The fourth-order valence-corrected chi connectivity index (χ4v) is 1.80. The summed E-state index contributed by atoms with van der Waals surface area (Å²) in [4.78, 5) is 21.7. The smallest absolute Gasteiger partial charge is 0.165 e. The van der Waals surface area contributed by atoms with Crippen molar-refractivity contribution in [3.8, 4) is 5.75 Å². The molecule has 0 heterocycles. The summed E-state index contributed by atoms with van der Waals surface area (Å²) in [7, 11) is 0. The number of Topliss-reactive ketones (excluding diaryl/α,β-unsaturated/α-hetero) is 2. The predicted octanol–water partition coefficient (Wildman–Crippen LogP) is 2.55. The van der Waals surface area contributed by atoms with E-state index in [2.05, 4.69) is 0 Å². The van der Waals surface area contributed by atoms with Gasteiger partial charge in [0.15, 0.2) is 11.6 Å². The van der Waals surface area contributed by atoms with Gasteiger partial charge < -0.3 is 15.3 Å². The molecule has 0 saturated heterocycles. The van der Waals surface area contributed by atoms with Crippen LogP contribution in [0, 0.1) is 5.82 Å². The molecule has 0 aliphatic rings. The van der Waals surface area contributed by atoms with Gasteiger partial charge in [0.2, 0.25) is 0 Å². The van der Waals surface area contributed by atoms with Crippen LogP contribution in [0.15, 0.2) is 18.2 Å². The van der Waals surface area contributed by atoms with Gasteiger partial charge in [0.1, 0.15) is 11.6 Å². The van der Waals surface area contributed by atoms with E-state index in [-0.39, 0.29) is 30.3 Å². The maximum absolute atomic E-state index is 13.8. The largest absolute Gasteiger partial charge is 0.491 e. The third kappa shape index (κ3) is 5.48. The number of nitrogens with two attached hydrogens (primary N) is 1. The zero-order chi connectivity index (χ0) is 15.1. The van der Waals surface area contributed by atoms with Crippen molar-refractivity contribution in [3.63, 3.8) is 0 Å². The van der Waals surface area contributed by atoms with E-state index in [1.807, 2.05) is 0 Å². The van der Waals surface area contributed by atoms with Crippen LogP contribution in [-0.4, -0.2) is 18.2 Å². The number of halogens is 1. The molecule has 0 spiro atoms. The summed E-state index contributed by atoms with van der Waals surface area (Å²) in [5.41, 5.74) is 6.37. The molecule has 0 aromatic heterocycles. The van der Waals surface area contributed by atoms with E-state index >= 15 is 0 Å². The maximum Gasteiger partial charge on any atom is 0.165 e. The van der Waals surface area contributed by atoms with Crippen molar-refractivity contribution in [2.45, 2.75) is 39.2 Å². The topological polar surface area (TPSA) is 69.4 Å². The summed E-state index contributed by atoms with van der Waals surface area (Å²) in [5.74, 6) is -0.334. The van der Waals surface area contributed by atoms with Crippen LogP contribution >= 0.6 is 0 Å². The van der Waals surface area contributed by atoms with Crippen molar-refractivity contribution in [3.05, 3.63) is 29.6 Å². The molecule has 0 bridgehead atoms. The summed E-state index contributed by atoms with van der Waals surface area (Å²) in [6, 6.07) is 3.93. The molecule has 0 saturated carbocycles. The number of carbonyl (C=O) groups is 2. The van der Waals surface area contributed by atoms with E-state index in [1.165, 1.54) is 26.0 Å². The second-order valence-electron chi connectivity index (χ2n) is 4.86. The van der Waals surface area contributed by atoms with Gasteiger partial charge in [0, 0.05) is 18.9 Å². The van der Waals surface area contributed by atoms with Gasteiger partial charge in [0.05, 0.1) is 6.61 Å². The fourth-order valence-electron chi connectivity index (χ4n) is 1.80. The van der Waals surface area contributed by atoms with Gasteiger partial charge in [-0.25, -0.2) is 4.39 Å². The van der Waals surface area contributed by atoms with Crippen molar-refractivity contribution < 1.29 is 18.7 Å². The van der Waals surface area contributed by atoms with Gasteiger partial charge in [0.25, 0.3) is 0 Å². The highest BCUT2D eigenvalue weighted by molar-refractivity contribution is 5.76. The van der Waals surface area contributed by atoms with Crippen molar-refractivity contribution in [2.24, 2.45) is 5.73 Å². The molecule has 0 amide bonds. The van der Waals surface area contributed by atoms with Gasteiger partial charge >= 0.3 is 0 Å². The molecule has 0 fully saturated rings. The SMILES string of the molecule is CC(=O)CCCOc1ccc([C@@H](N)CC(C)=O)cc1F. The molecule has 1 aromatic rings. The zero-order valence-corrected chi connectivity index (χ0v) is 11.8. The van der Waals surface area contributed by atoms with E-state index < -0.39 is 11.9 Å². The predicted molar refractivity (Wildman–Crippen MR) is 74.0 cm³/mol. The molecule has 2 N–H and O–H groups in total. The number of carbonyl (C=O) groups excluding carboxylic acids is 2. The summed E-state index contributed by atoms with van der Waals surface area (Å²) >= 11 is 0. The minimum atomic E-state index is -0.510.